The molecule has 0 N–H and O–H groups in total. The molecule has 2 heterocycles. The Hall–Kier alpha value is -8.40. The molecule has 300 valence electrons. The quantitative estimate of drug-likeness (QED) is 0.159. The minimum absolute atomic E-state index is 0.507. The monoisotopic (exact) mass is 815 g/mol. The summed E-state index contributed by atoms with van der Waals surface area (Å²) in [6.07, 6.45) is 0. The second kappa shape index (κ2) is 14.3. The summed E-state index contributed by atoms with van der Waals surface area (Å²) in [6.45, 7) is 0. The molecule has 1 aromatic heterocycles. The van der Waals surface area contributed by atoms with Crippen LogP contribution >= 0.6 is 0 Å². The number of rotatable bonds is 7. The SMILES string of the molecule is c1ccc(N(c2ccc(-c3ccc4c(c3)C3(c5ccccc5)c5ccccc5N(c5ccccc5)c5cccc-4c53)cc2)c2ccc3c(c2)c2ccccc2n3-c2ccccc2)cc1. The average molecular weight is 816 g/mol. The highest BCUT2D eigenvalue weighted by Gasteiger charge is 2.52. The Morgan fingerprint density at radius 2 is 0.938 bits per heavy atom. The van der Waals surface area contributed by atoms with E-state index in [4.69, 9.17) is 0 Å². The number of para-hydroxylation sites is 5. The van der Waals surface area contributed by atoms with E-state index in [1.165, 1.54) is 77.7 Å². The highest BCUT2D eigenvalue weighted by molar-refractivity contribution is 6.11. The maximum Gasteiger partial charge on any atom is 0.0754 e. The lowest BCUT2D eigenvalue weighted by molar-refractivity contribution is 0.754. The van der Waals surface area contributed by atoms with Gasteiger partial charge in [-0.2, -0.15) is 0 Å². The Labute approximate surface area is 373 Å². The molecule has 0 bridgehead atoms. The van der Waals surface area contributed by atoms with Crippen molar-refractivity contribution in [2.75, 3.05) is 9.80 Å². The van der Waals surface area contributed by atoms with Gasteiger partial charge in [-0.3, -0.25) is 0 Å². The van der Waals surface area contributed by atoms with Crippen molar-refractivity contribution in [1.82, 2.24) is 4.57 Å². The van der Waals surface area contributed by atoms with E-state index in [2.05, 4.69) is 263 Å². The molecule has 0 fully saturated rings. The fourth-order valence-corrected chi connectivity index (χ4v) is 10.9. The molecule has 1 unspecified atom stereocenters. The predicted molar refractivity (Wildman–Crippen MR) is 266 cm³/mol. The normalized spacial score (nSPS) is 14.6. The van der Waals surface area contributed by atoms with Gasteiger partial charge < -0.3 is 14.4 Å². The number of anilines is 6. The summed E-state index contributed by atoms with van der Waals surface area (Å²) < 4.78 is 2.37. The van der Waals surface area contributed by atoms with E-state index >= 15 is 0 Å². The molecule has 1 aliphatic heterocycles. The van der Waals surface area contributed by atoms with Gasteiger partial charge in [0.05, 0.1) is 27.8 Å². The first kappa shape index (κ1) is 36.3. The molecule has 3 nitrogen and oxygen atoms in total. The van der Waals surface area contributed by atoms with Crippen molar-refractivity contribution >= 4 is 55.9 Å². The average Bonchev–Trinajstić information content (AvgIpc) is 3.87. The van der Waals surface area contributed by atoms with Crippen molar-refractivity contribution in [3.05, 3.63) is 271 Å². The van der Waals surface area contributed by atoms with Gasteiger partial charge in [0.15, 0.2) is 0 Å². The lowest BCUT2D eigenvalue weighted by Crippen LogP contribution is -2.35. The van der Waals surface area contributed by atoms with Crippen molar-refractivity contribution in [1.29, 1.82) is 0 Å². The fourth-order valence-electron chi connectivity index (χ4n) is 10.9. The number of aromatic nitrogens is 1. The molecule has 0 spiro atoms. The summed E-state index contributed by atoms with van der Waals surface area (Å²) in [4.78, 5) is 4.83. The Kier molecular flexibility index (Phi) is 8.13. The summed E-state index contributed by atoms with van der Waals surface area (Å²) in [6, 6.07) is 91.2. The summed E-state index contributed by atoms with van der Waals surface area (Å²) in [5.74, 6) is 0. The second-order valence-corrected chi connectivity index (χ2v) is 16.9. The summed E-state index contributed by atoms with van der Waals surface area (Å²) >= 11 is 0. The van der Waals surface area contributed by atoms with Gasteiger partial charge in [-0.1, -0.05) is 158 Å². The zero-order chi connectivity index (χ0) is 42.2. The van der Waals surface area contributed by atoms with Crippen molar-refractivity contribution in [3.8, 4) is 27.9 Å². The van der Waals surface area contributed by atoms with E-state index < -0.39 is 5.41 Å². The minimum atomic E-state index is -0.507. The lowest BCUT2D eigenvalue weighted by atomic mass is 9.64. The van der Waals surface area contributed by atoms with Crippen LogP contribution in [0.1, 0.15) is 22.3 Å². The number of hydrogen-bond acceptors (Lipinski definition) is 2. The van der Waals surface area contributed by atoms with E-state index in [0.29, 0.717) is 0 Å². The van der Waals surface area contributed by atoms with E-state index in [9.17, 15) is 0 Å². The Morgan fingerprint density at radius 3 is 1.72 bits per heavy atom. The Balaban J connectivity index is 0.955. The smallest absolute Gasteiger partial charge is 0.0754 e. The number of hydrogen-bond donors (Lipinski definition) is 0. The molecule has 10 aromatic carbocycles. The van der Waals surface area contributed by atoms with Crippen LogP contribution in [0.25, 0.3) is 49.7 Å². The molecule has 0 radical (unpaired) electrons. The molecule has 13 rings (SSSR count). The van der Waals surface area contributed by atoms with Crippen LogP contribution < -0.4 is 9.80 Å². The fraction of sp³-hybridized carbons (Fsp3) is 0.0164. The maximum absolute atomic E-state index is 2.47. The van der Waals surface area contributed by atoms with Crippen LogP contribution in [0.2, 0.25) is 0 Å². The molecule has 64 heavy (non-hydrogen) atoms. The highest BCUT2D eigenvalue weighted by Crippen LogP contribution is 2.65. The molecule has 11 aromatic rings. The van der Waals surface area contributed by atoms with Crippen LogP contribution in [0.4, 0.5) is 34.1 Å². The first-order valence-electron chi connectivity index (χ1n) is 22.1. The van der Waals surface area contributed by atoms with Gasteiger partial charge >= 0.3 is 0 Å². The topological polar surface area (TPSA) is 11.4 Å². The van der Waals surface area contributed by atoms with Gasteiger partial charge in [-0.25, -0.2) is 0 Å². The molecule has 1 atom stereocenters. The molecular formula is C61H41N3. The molecule has 3 heteroatoms. The van der Waals surface area contributed by atoms with Gasteiger partial charge in [0, 0.05) is 44.8 Å². The van der Waals surface area contributed by atoms with Crippen LogP contribution in [0, 0.1) is 0 Å². The largest absolute Gasteiger partial charge is 0.310 e. The van der Waals surface area contributed by atoms with E-state index in [0.717, 1.165) is 28.4 Å². The number of benzene rings is 10. The zero-order valence-corrected chi connectivity index (χ0v) is 35.0. The summed E-state index contributed by atoms with van der Waals surface area (Å²) in [5, 5.41) is 2.46. The first-order chi connectivity index (χ1) is 31.8. The number of nitrogens with zero attached hydrogens (tertiary/aromatic N) is 3. The van der Waals surface area contributed by atoms with Crippen molar-refractivity contribution in [2.24, 2.45) is 0 Å². The third-order valence-electron chi connectivity index (χ3n) is 13.5. The van der Waals surface area contributed by atoms with Crippen molar-refractivity contribution < 1.29 is 0 Å². The molecule has 0 saturated heterocycles. The van der Waals surface area contributed by atoms with Gasteiger partial charge in [0.25, 0.3) is 0 Å². The van der Waals surface area contributed by atoms with Crippen LogP contribution in [0.3, 0.4) is 0 Å². The molecule has 1 aliphatic carbocycles. The molecular weight excluding hydrogens is 775 g/mol. The van der Waals surface area contributed by atoms with Gasteiger partial charge in [-0.15, -0.1) is 0 Å². The maximum atomic E-state index is 2.47. The molecule has 0 saturated carbocycles. The molecule has 2 aliphatic rings. The minimum Gasteiger partial charge on any atom is -0.310 e. The highest BCUT2D eigenvalue weighted by atomic mass is 15.2. The second-order valence-electron chi connectivity index (χ2n) is 16.9. The van der Waals surface area contributed by atoms with Crippen LogP contribution in [-0.4, -0.2) is 4.57 Å². The van der Waals surface area contributed by atoms with Crippen LogP contribution in [-0.2, 0) is 5.41 Å². The Morgan fingerprint density at radius 1 is 0.344 bits per heavy atom. The third-order valence-corrected chi connectivity index (χ3v) is 13.5. The number of fused-ring (bicyclic) bond motifs is 8. The zero-order valence-electron chi connectivity index (χ0n) is 35.0. The van der Waals surface area contributed by atoms with E-state index in [1.807, 2.05) is 0 Å². The predicted octanol–water partition coefficient (Wildman–Crippen LogP) is 16.1. The first-order valence-corrected chi connectivity index (χ1v) is 22.1. The van der Waals surface area contributed by atoms with Gasteiger partial charge in [0.2, 0.25) is 0 Å². The van der Waals surface area contributed by atoms with E-state index in [-0.39, 0.29) is 0 Å². The molecule has 0 amide bonds. The van der Waals surface area contributed by atoms with Crippen LogP contribution in [0.5, 0.6) is 0 Å². The van der Waals surface area contributed by atoms with E-state index in [1.54, 1.807) is 0 Å². The summed E-state index contributed by atoms with van der Waals surface area (Å²) in [5.41, 5.74) is 20.1. The Bertz CT molecular complexity index is 3540. The lowest BCUT2D eigenvalue weighted by Gasteiger charge is -2.44. The van der Waals surface area contributed by atoms with Crippen molar-refractivity contribution in [3.63, 3.8) is 0 Å². The van der Waals surface area contributed by atoms with Gasteiger partial charge in [0.1, 0.15) is 0 Å². The van der Waals surface area contributed by atoms with Crippen LogP contribution in [0.15, 0.2) is 249 Å². The van der Waals surface area contributed by atoms with Gasteiger partial charge in [-0.05, 0) is 130 Å². The summed E-state index contributed by atoms with van der Waals surface area (Å²) in [7, 11) is 0. The third kappa shape index (κ3) is 5.28. The van der Waals surface area contributed by atoms with Crippen molar-refractivity contribution in [2.45, 2.75) is 5.41 Å². The standard InChI is InChI=1S/C61H41N3/c1-5-18-44(19-6-1)61-54-28-14-16-30-58(54)64(47-24-11-4-12-25-47)59-31-17-27-52(60(59)61)50-38-34-43(40-55(50)61)42-32-35-48(36-33-42)62(45-20-7-2-8-21-45)49-37-39-57-53(41-49)51-26-13-15-29-56(51)63(57)46-22-9-3-10-23-46/h1-41H.